The van der Waals surface area contributed by atoms with Crippen molar-refractivity contribution in [2.75, 3.05) is 0 Å². The highest BCUT2D eigenvalue weighted by molar-refractivity contribution is 6.02. The van der Waals surface area contributed by atoms with Crippen molar-refractivity contribution >= 4 is 21.8 Å². The van der Waals surface area contributed by atoms with E-state index in [-0.39, 0.29) is 11.5 Å². The average Bonchev–Trinajstić information content (AvgIpc) is 2.60. The number of fused-ring (bicyclic) bond motifs is 3. The van der Waals surface area contributed by atoms with E-state index < -0.39 is 0 Å². The first-order valence-electron chi connectivity index (χ1n) is 7.23. The van der Waals surface area contributed by atoms with Crippen molar-refractivity contribution in [3.8, 4) is 11.5 Å². The standard InChI is InChI=1S/C12H8N2.C7H8O2/c1-3-9-5-6-10-4-2-8-14-12(10)11(9)13-7-1;1-5-6(8)3-2-4-7(5)9/h1-8H;2-4,8-9H,1H3. The molecule has 0 aliphatic carbocycles. The van der Waals surface area contributed by atoms with Gasteiger partial charge in [0.2, 0.25) is 0 Å². The zero-order chi connectivity index (χ0) is 16.2. The van der Waals surface area contributed by atoms with E-state index in [1.54, 1.807) is 25.4 Å². The fraction of sp³-hybridized carbons (Fsp3) is 0.0526. The summed E-state index contributed by atoms with van der Waals surface area (Å²) < 4.78 is 0. The lowest BCUT2D eigenvalue weighted by molar-refractivity contribution is 0.443. The molecule has 4 rings (SSSR count). The minimum atomic E-state index is 0.134. The van der Waals surface area contributed by atoms with Crippen molar-refractivity contribution < 1.29 is 10.2 Å². The van der Waals surface area contributed by atoms with Gasteiger partial charge in [0.25, 0.3) is 0 Å². The molecule has 4 heteroatoms. The van der Waals surface area contributed by atoms with E-state index in [1.165, 1.54) is 12.1 Å². The fourth-order valence-electron chi connectivity index (χ4n) is 2.29. The van der Waals surface area contributed by atoms with Crippen LogP contribution in [0.4, 0.5) is 0 Å². The number of rotatable bonds is 0. The molecular weight excluding hydrogens is 288 g/mol. The molecule has 4 aromatic rings. The molecule has 2 aromatic heterocycles. The maximum Gasteiger partial charge on any atom is 0.122 e. The van der Waals surface area contributed by atoms with Crippen molar-refractivity contribution in [2.45, 2.75) is 6.92 Å². The molecule has 0 amide bonds. The van der Waals surface area contributed by atoms with Gasteiger partial charge in [-0.05, 0) is 31.2 Å². The monoisotopic (exact) mass is 304 g/mol. The molecule has 4 nitrogen and oxygen atoms in total. The minimum absolute atomic E-state index is 0.134. The predicted octanol–water partition coefficient (Wildman–Crippen LogP) is 4.19. The summed E-state index contributed by atoms with van der Waals surface area (Å²) in [7, 11) is 0. The van der Waals surface area contributed by atoms with Gasteiger partial charge in [-0.2, -0.15) is 0 Å². The molecule has 0 atom stereocenters. The number of hydrogen-bond acceptors (Lipinski definition) is 4. The van der Waals surface area contributed by atoms with Crippen molar-refractivity contribution in [1.29, 1.82) is 0 Å². The van der Waals surface area contributed by atoms with Crippen molar-refractivity contribution in [2.24, 2.45) is 0 Å². The first-order chi connectivity index (χ1) is 11.2. The van der Waals surface area contributed by atoms with Crippen LogP contribution in [0.2, 0.25) is 0 Å². The molecule has 0 aliphatic heterocycles. The van der Waals surface area contributed by atoms with Crippen LogP contribution >= 0.6 is 0 Å². The van der Waals surface area contributed by atoms with Gasteiger partial charge in [-0.25, -0.2) is 0 Å². The molecule has 0 spiro atoms. The Bertz CT molecular complexity index is 892. The Labute approximate surface area is 133 Å². The summed E-state index contributed by atoms with van der Waals surface area (Å²) >= 11 is 0. The summed E-state index contributed by atoms with van der Waals surface area (Å²) in [6.45, 7) is 1.66. The molecule has 0 unspecified atom stereocenters. The number of benzene rings is 2. The second kappa shape index (κ2) is 6.32. The number of pyridine rings is 2. The van der Waals surface area contributed by atoms with Crippen LogP contribution in [0.25, 0.3) is 21.8 Å². The molecule has 0 aliphatic rings. The molecule has 0 fully saturated rings. The van der Waals surface area contributed by atoms with Gasteiger partial charge in [0.1, 0.15) is 11.5 Å². The van der Waals surface area contributed by atoms with Crippen LogP contribution in [0.1, 0.15) is 5.56 Å². The van der Waals surface area contributed by atoms with Crippen molar-refractivity contribution in [3.63, 3.8) is 0 Å². The van der Waals surface area contributed by atoms with Gasteiger partial charge in [0, 0.05) is 28.7 Å². The van der Waals surface area contributed by atoms with E-state index in [9.17, 15) is 0 Å². The van der Waals surface area contributed by atoms with E-state index >= 15 is 0 Å². The zero-order valence-corrected chi connectivity index (χ0v) is 12.6. The van der Waals surface area contributed by atoms with Crippen LogP contribution in [0.3, 0.4) is 0 Å². The molecule has 0 saturated carbocycles. The topological polar surface area (TPSA) is 66.2 Å². The average molecular weight is 304 g/mol. The van der Waals surface area contributed by atoms with E-state index in [0.29, 0.717) is 5.56 Å². The summed E-state index contributed by atoms with van der Waals surface area (Å²) in [4.78, 5) is 8.69. The number of phenols is 2. The second-order valence-corrected chi connectivity index (χ2v) is 5.14. The van der Waals surface area contributed by atoms with E-state index in [0.717, 1.165) is 21.8 Å². The van der Waals surface area contributed by atoms with Gasteiger partial charge < -0.3 is 10.2 Å². The molecule has 2 N–H and O–H groups in total. The summed E-state index contributed by atoms with van der Waals surface area (Å²) in [5.74, 6) is 0.269. The number of aromatic hydroxyl groups is 2. The normalized spacial score (nSPS) is 10.3. The van der Waals surface area contributed by atoms with Gasteiger partial charge in [-0.3, -0.25) is 9.97 Å². The van der Waals surface area contributed by atoms with Crippen molar-refractivity contribution in [1.82, 2.24) is 9.97 Å². The Morgan fingerprint density at radius 2 is 1.13 bits per heavy atom. The number of aromatic nitrogens is 2. The maximum absolute atomic E-state index is 8.94. The largest absolute Gasteiger partial charge is 0.508 e. The third-order valence-electron chi connectivity index (χ3n) is 3.62. The molecule has 23 heavy (non-hydrogen) atoms. The molecule has 2 aromatic carbocycles. The summed E-state index contributed by atoms with van der Waals surface area (Å²) in [6, 6.07) is 16.8. The lowest BCUT2D eigenvalue weighted by atomic mass is 10.1. The number of phenolic OH excluding ortho intramolecular Hbond substituents is 2. The number of nitrogens with zero attached hydrogens (tertiary/aromatic N) is 2. The highest BCUT2D eigenvalue weighted by Crippen LogP contribution is 2.24. The van der Waals surface area contributed by atoms with E-state index in [2.05, 4.69) is 34.2 Å². The first kappa shape index (κ1) is 14.8. The molecule has 2 heterocycles. The molecule has 0 bridgehead atoms. The second-order valence-electron chi connectivity index (χ2n) is 5.14. The molecular formula is C19H16N2O2. The Morgan fingerprint density at radius 3 is 1.57 bits per heavy atom. The van der Waals surface area contributed by atoms with Gasteiger partial charge in [0.15, 0.2) is 0 Å². The Balaban J connectivity index is 0.000000151. The lowest BCUT2D eigenvalue weighted by Crippen LogP contribution is -1.83. The Hall–Kier alpha value is -3.14. The third kappa shape index (κ3) is 3.06. The van der Waals surface area contributed by atoms with Gasteiger partial charge in [-0.1, -0.05) is 30.3 Å². The van der Waals surface area contributed by atoms with Crippen LogP contribution in [-0.2, 0) is 0 Å². The smallest absolute Gasteiger partial charge is 0.122 e. The SMILES string of the molecule is Cc1c(O)cccc1O.c1cnc2c(c1)ccc1cccnc12. The lowest BCUT2D eigenvalue weighted by Gasteiger charge is -2.00. The zero-order valence-electron chi connectivity index (χ0n) is 12.6. The maximum atomic E-state index is 8.94. The van der Waals surface area contributed by atoms with E-state index in [4.69, 9.17) is 10.2 Å². The van der Waals surface area contributed by atoms with Crippen LogP contribution in [0.5, 0.6) is 11.5 Å². The Morgan fingerprint density at radius 1 is 0.652 bits per heavy atom. The van der Waals surface area contributed by atoms with Crippen LogP contribution in [-0.4, -0.2) is 20.2 Å². The summed E-state index contributed by atoms with van der Waals surface area (Å²) in [6.07, 6.45) is 3.60. The van der Waals surface area contributed by atoms with Crippen LogP contribution in [0.15, 0.2) is 67.0 Å². The van der Waals surface area contributed by atoms with E-state index in [1.807, 2.05) is 12.1 Å². The predicted molar refractivity (Wildman–Crippen MR) is 91.6 cm³/mol. The molecule has 114 valence electrons. The highest BCUT2D eigenvalue weighted by atomic mass is 16.3. The van der Waals surface area contributed by atoms with Gasteiger partial charge >= 0.3 is 0 Å². The fourth-order valence-corrected chi connectivity index (χ4v) is 2.29. The van der Waals surface area contributed by atoms with Crippen LogP contribution < -0.4 is 0 Å². The quantitative estimate of drug-likeness (QED) is 0.478. The molecule has 0 saturated heterocycles. The third-order valence-corrected chi connectivity index (χ3v) is 3.62. The van der Waals surface area contributed by atoms with Gasteiger partial charge in [-0.15, -0.1) is 0 Å². The Kier molecular flexibility index (Phi) is 4.06. The first-order valence-corrected chi connectivity index (χ1v) is 7.23. The number of hydrogen-bond donors (Lipinski definition) is 2. The summed E-state index contributed by atoms with van der Waals surface area (Å²) in [5.41, 5.74) is 2.48. The summed E-state index contributed by atoms with van der Waals surface area (Å²) in [5, 5.41) is 20.2. The van der Waals surface area contributed by atoms with Gasteiger partial charge in [0.05, 0.1) is 11.0 Å². The molecule has 0 radical (unpaired) electrons. The van der Waals surface area contributed by atoms with Crippen LogP contribution in [0, 0.1) is 6.92 Å². The highest BCUT2D eigenvalue weighted by Gasteiger charge is 2.00. The minimum Gasteiger partial charge on any atom is -0.508 e. The van der Waals surface area contributed by atoms with Crippen molar-refractivity contribution in [3.05, 3.63) is 72.6 Å².